The molecular formula is C15H20N2O3S2. The number of ether oxygens (including phenoxy) is 1. The second-order valence-corrected chi connectivity index (χ2v) is 7.95. The van der Waals surface area contributed by atoms with E-state index < -0.39 is 0 Å². The molecule has 0 aromatic carbocycles. The molecule has 22 heavy (non-hydrogen) atoms. The number of methoxy groups -OCH3 is 1. The monoisotopic (exact) mass is 340 g/mol. The van der Waals surface area contributed by atoms with Gasteiger partial charge in [0.1, 0.15) is 6.61 Å². The van der Waals surface area contributed by atoms with Crippen LogP contribution in [0.1, 0.15) is 22.5 Å². The van der Waals surface area contributed by atoms with Gasteiger partial charge in [-0.3, -0.25) is 9.59 Å². The summed E-state index contributed by atoms with van der Waals surface area (Å²) in [6.45, 7) is 2.33. The molecule has 1 aromatic rings. The van der Waals surface area contributed by atoms with Gasteiger partial charge in [-0.1, -0.05) is 6.07 Å². The molecule has 2 saturated heterocycles. The first-order valence-corrected chi connectivity index (χ1v) is 9.29. The zero-order valence-corrected chi connectivity index (χ0v) is 14.3. The van der Waals surface area contributed by atoms with E-state index in [1.165, 1.54) is 18.4 Å². The first-order chi connectivity index (χ1) is 10.7. The molecular weight excluding hydrogens is 320 g/mol. The molecule has 2 aliphatic rings. The lowest BCUT2D eigenvalue weighted by atomic mass is 10.0. The molecule has 2 amide bonds. The van der Waals surface area contributed by atoms with Crippen molar-refractivity contribution in [2.24, 2.45) is 0 Å². The van der Waals surface area contributed by atoms with E-state index in [2.05, 4.69) is 0 Å². The highest BCUT2D eigenvalue weighted by Crippen LogP contribution is 2.44. The summed E-state index contributed by atoms with van der Waals surface area (Å²) in [6.07, 6.45) is 1.68. The number of carbonyl (C=O) groups is 2. The van der Waals surface area contributed by atoms with Crippen molar-refractivity contribution in [2.75, 3.05) is 39.1 Å². The third-order valence-corrected chi connectivity index (χ3v) is 6.73. The summed E-state index contributed by atoms with van der Waals surface area (Å²) in [6, 6.07) is 3.81. The number of hydrogen-bond donors (Lipinski definition) is 0. The zero-order valence-electron chi connectivity index (χ0n) is 12.6. The van der Waals surface area contributed by atoms with Gasteiger partial charge in [-0.2, -0.15) is 0 Å². The second kappa shape index (κ2) is 6.60. The number of likely N-dealkylation sites (tertiary alicyclic amines) is 1. The Kier molecular flexibility index (Phi) is 4.75. The van der Waals surface area contributed by atoms with Crippen LogP contribution in [0, 0.1) is 0 Å². The van der Waals surface area contributed by atoms with Gasteiger partial charge in [0.15, 0.2) is 0 Å². The highest BCUT2D eigenvalue weighted by molar-refractivity contribution is 8.00. The third kappa shape index (κ3) is 2.89. The van der Waals surface area contributed by atoms with E-state index in [0.29, 0.717) is 13.1 Å². The molecule has 0 N–H and O–H groups in total. The van der Waals surface area contributed by atoms with Crippen LogP contribution >= 0.6 is 23.1 Å². The lowest BCUT2D eigenvalue weighted by Gasteiger charge is -2.43. The molecule has 0 bridgehead atoms. The van der Waals surface area contributed by atoms with Gasteiger partial charge in [0.05, 0.1) is 9.75 Å². The number of thiophene rings is 1. The number of thioether (sulfide) groups is 1. The smallest absolute Gasteiger partial charge is 0.265 e. The number of piperidine rings is 1. The molecule has 0 saturated carbocycles. The number of carbonyl (C=O) groups excluding carboxylic acids is 2. The Hall–Kier alpha value is -1.05. The largest absolute Gasteiger partial charge is 0.375 e. The maximum Gasteiger partial charge on any atom is 0.265 e. The van der Waals surface area contributed by atoms with Crippen molar-refractivity contribution in [2.45, 2.75) is 17.7 Å². The second-order valence-electron chi connectivity index (χ2n) is 5.54. The van der Waals surface area contributed by atoms with Gasteiger partial charge in [-0.05, 0) is 24.3 Å². The average molecular weight is 340 g/mol. The van der Waals surface area contributed by atoms with E-state index in [1.807, 2.05) is 39.1 Å². The number of nitrogens with zero attached hydrogens (tertiary/aromatic N) is 2. The van der Waals surface area contributed by atoms with Gasteiger partial charge in [-0.25, -0.2) is 0 Å². The van der Waals surface area contributed by atoms with E-state index in [-0.39, 0.29) is 23.3 Å². The molecule has 2 fully saturated rings. The van der Waals surface area contributed by atoms with Crippen LogP contribution < -0.4 is 0 Å². The van der Waals surface area contributed by atoms with Gasteiger partial charge in [0, 0.05) is 32.5 Å². The summed E-state index contributed by atoms with van der Waals surface area (Å²) >= 11 is 3.36. The molecule has 7 heteroatoms. The highest BCUT2D eigenvalue weighted by Gasteiger charge is 2.47. The number of hydrogen-bond acceptors (Lipinski definition) is 5. The molecule has 2 aliphatic heterocycles. The average Bonchev–Trinajstić information content (AvgIpc) is 3.18. The molecule has 3 heterocycles. The van der Waals surface area contributed by atoms with Crippen LogP contribution in [0.25, 0.3) is 0 Å². The zero-order chi connectivity index (χ0) is 15.6. The van der Waals surface area contributed by atoms with Crippen LogP contribution in [0.15, 0.2) is 17.5 Å². The molecule has 0 aliphatic carbocycles. The van der Waals surface area contributed by atoms with Crippen molar-refractivity contribution in [1.82, 2.24) is 9.80 Å². The Balaban J connectivity index is 1.68. The standard InChI is InChI=1S/C15H20N2O3S2/c1-20-11-13(18)16-6-4-15(5-7-16)17(8-10-22-15)14(19)12-3-2-9-21-12/h2-3,9H,4-8,10-11H2,1H3. The van der Waals surface area contributed by atoms with Crippen molar-refractivity contribution in [1.29, 1.82) is 0 Å². The quantitative estimate of drug-likeness (QED) is 0.843. The minimum Gasteiger partial charge on any atom is -0.375 e. The topological polar surface area (TPSA) is 49.9 Å². The van der Waals surface area contributed by atoms with Crippen molar-refractivity contribution >= 4 is 34.9 Å². The SMILES string of the molecule is COCC(=O)N1CCC2(CC1)SCCN2C(=O)c1cccs1. The Morgan fingerprint density at radius 3 is 2.73 bits per heavy atom. The molecule has 3 rings (SSSR count). The van der Waals surface area contributed by atoms with Crippen LogP contribution in [0.4, 0.5) is 0 Å². The summed E-state index contributed by atoms with van der Waals surface area (Å²) in [7, 11) is 1.54. The van der Waals surface area contributed by atoms with Crippen molar-refractivity contribution in [3.8, 4) is 0 Å². The molecule has 5 nitrogen and oxygen atoms in total. The predicted octanol–water partition coefficient (Wildman–Crippen LogP) is 1.90. The third-order valence-electron chi connectivity index (χ3n) is 4.32. The highest BCUT2D eigenvalue weighted by atomic mass is 32.2. The first kappa shape index (κ1) is 15.8. The molecule has 0 atom stereocenters. The lowest BCUT2D eigenvalue weighted by molar-refractivity contribution is -0.136. The van der Waals surface area contributed by atoms with E-state index in [1.54, 1.807) is 0 Å². The van der Waals surface area contributed by atoms with Crippen LogP contribution in [0.3, 0.4) is 0 Å². The Morgan fingerprint density at radius 1 is 1.32 bits per heavy atom. The molecule has 1 aromatic heterocycles. The molecule has 1 spiro atoms. The maximum atomic E-state index is 12.7. The van der Waals surface area contributed by atoms with Crippen LogP contribution in [-0.2, 0) is 9.53 Å². The summed E-state index contributed by atoms with van der Waals surface area (Å²) in [5, 5.41) is 1.94. The Bertz CT molecular complexity index is 539. The minimum atomic E-state index is -0.134. The maximum absolute atomic E-state index is 12.7. The fourth-order valence-electron chi connectivity index (χ4n) is 3.16. The van der Waals surface area contributed by atoms with Crippen LogP contribution in [0.5, 0.6) is 0 Å². The Morgan fingerprint density at radius 2 is 2.09 bits per heavy atom. The van der Waals surface area contributed by atoms with E-state index in [4.69, 9.17) is 4.74 Å². The summed E-state index contributed by atoms with van der Waals surface area (Å²) in [5.74, 6) is 1.15. The van der Waals surface area contributed by atoms with Crippen molar-refractivity contribution < 1.29 is 14.3 Å². The van der Waals surface area contributed by atoms with E-state index in [9.17, 15) is 9.59 Å². The van der Waals surface area contributed by atoms with Crippen molar-refractivity contribution in [3.05, 3.63) is 22.4 Å². The summed E-state index contributed by atoms with van der Waals surface area (Å²) in [5.41, 5.74) is 0. The number of rotatable bonds is 3. The van der Waals surface area contributed by atoms with Gasteiger partial charge in [-0.15, -0.1) is 23.1 Å². The predicted molar refractivity (Wildman–Crippen MR) is 88.2 cm³/mol. The molecule has 120 valence electrons. The van der Waals surface area contributed by atoms with Crippen molar-refractivity contribution in [3.63, 3.8) is 0 Å². The molecule has 0 radical (unpaired) electrons. The lowest BCUT2D eigenvalue weighted by Crippen LogP contribution is -2.54. The summed E-state index contributed by atoms with van der Waals surface area (Å²) in [4.78, 5) is 29.2. The van der Waals surface area contributed by atoms with Crippen LogP contribution in [0.2, 0.25) is 0 Å². The Labute approximate surface area is 138 Å². The van der Waals surface area contributed by atoms with Gasteiger partial charge in [0.25, 0.3) is 5.91 Å². The van der Waals surface area contributed by atoms with Gasteiger partial charge in [0.2, 0.25) is 5.91 Å². The minimum absolute atomic E-state index is 0.0384. The summed E-state index contributed by atoms with van der Waals surface area (Å²) < 4.78 is 4.92. The van der Waals surface area contributed by atoms with E-state index >= 15 is 0 Å². The number of amides is 2. The van der Waals surface area contributed by atoms with Crippen LogP contribution in [-0.4, -0.2) is 65.6 Å². The normalized spacial score (nSPS) is 20.6. The molecule has 0 unspecified atom stereocenters. The first-order valence-electron chi connectivity index (χ1n) is 7.42. The fraction of sp³-hybridized carbons (Fsp3) is 0.600. The van der Waals surface area contributed by atoms with E-state index in [0.717, 1.165) is 30.0 Å². The van der Waals surface area contributed by atoms with Gasteiger partial charge < -0.3 is 14.5 Å². The fourth-order valence-corrected chi connectivity index (χ4v) is 5.29. The van der Waals surface area contributed by atoms with Gasteiger partial charge >= 0.3 is 0 Å².